The summed E-state index contributed by atoms with van der Waals surface area (Å²) in [5.41, 5.74) is -0.00699. The summed E-state index contributed by atoms with van der Waals surface area (Å²) in [6.07, 6.45) is 6.15. The van der Waals surface area contributed by atoms with Gasteiger partial charge in [-0.05, 0) is 12.3 Å². The first kappa shape index (κ1) is 15.7. The maximum absolute atomic E-state index is 10.8. The van der Waals surface area contributed by atoms with E-state index in [1.54, 1.807) is 6.08 Å². The second-order valence-electron chi connectivity index (χ2n) is 4.26. The zero-order valence-corrected chi connectivity index (χ0v) is 10.6. The smallest absolute Gasteiger partial charge is 0.331 e. The van der Waals surface area contributed by atoms with E-state index in [1.807, 2.05) is 0 Å². The Bertz CT molecular complexity index is 281. The second kappa shape index (κ2) is 8.79. The number of carboxylic acids is 2. The number of carboxylic acid groups (broad SMARTS) is 2. The normalized spacial score (nSPS) is 13.4. The van der Waals surface area contributed by atoms with Crippen LogP contribution in [0.2, 0.25) is 0 Å². The first-order valence-electron chi connectivity index (χ1n) is 6.15. The molecule has 4 heteroatoms. The van der Waals surface area contributed by atoms with Crippen LogP contribution in [0.5, 0.6) is 0 Å². The summed E-state index contributed by atoms with van der Waals surface area (Å²) in [5, 5.41) is 17.4. The fourth-order valence-corrected chi connectivity index (χ4v) is 1.69. The third-order valence-electron chi connectivity index (χ3n) is 2.86. The average molecular weight is 242 g/mol. The maximum Gasteiger partial charge on any atom is 0.331 e. The third-order valence-corrected chi connectivity index (χ3v) is 2.86. The number of unbranched alkanes of at least 4 members (excludes halogenated alkanes) is 1. The number of aliphatic carboxylic acids is 2. The number of carbonyl (C=O) groups is 2. The number of rotatable bonds is 9. The van der Waals surface area contributed by atoms with Crippen LogP contribution in [-0.4, -0.2) is 22.2 Å². The molecule has 0 amide bonds. The SMILES string of the molecule is CCCCC(CC)CC=C(CC(=O)O)C(=O)O. The molecule has 4 nitrogen and oxygen atoms in total. The highest BCUT2D eigenvalue weighted by Gasteiger charge is 2.12. The number of hydrogen-bond acceptors (Lipinski definition) is 2. The Kier molecular flexibility index (Phi) is 8.11. The van der Waals surface area contributed by atoms with E-state index < -0.39 is 18.4 Å². The van der Waals surface area contributed by atoms with E-state index in [-0.39, 0.29) is 5.57 Å². The molecule has 98 valence electrons. The van der Waals surface area contributed by atoms with E-state index in [1.165, 1.54) is 0 Å². The second-order valence-corrected chi connectivity index (χ2v) is 4.26. The van der Waals surface area contributed by atoms with Crippen LogP contribution in [-0.2, 0) is 9.59 Å². The fraction of sp³-hybridized carbons (Fsp3) is 0.692. The van der Waals surface area contributed by atoms with E-state index in [2.05, 4.69) is 13.8 Å². The lowest BCUT2D eigenvalue weighted by Crippen LogP contribution is -2.08. The molecule has 17 heavy (non-hydrogen) atoms. The van der Waals surface area contributed by atoms with Gasteiger partial charge in [-0.3, -0.25) is 4.79 Å². The fourth-order valence-electron chi connectivity index (χ4n) is 1.69. The van der Waals surface area contributed by atoms with Crippen molar-refractivity contribution in [1.29, 1.82) is 0 Å². The van der Waals surface area contributed by atoms with Crippen LogP contribution < -0.4 is 0 Å². The van der Waals surface area contributed by atoms with E-state index in [0.717, 1.165) is 25.7 Å². The van der Waals surface area contributed by atoms with Crippen molar-refractivity contribution in [3.8, 4) is 0 Å². The Morgan fingerprint density at radius 3 is 2.29 bits per heavy atom. The molecule has 0 saturated carbocycles. The van der Waals surface area contributed by atoms with E-state index in [0.29, 0.717) is 12.3 Å². The minimum atomic E-state index is -1.13. The minimum Gasteiger partial charge on any atom is -0.481 e. The minimum absolute atomic E-state index is 0.00699. The molecule has 0 aromatic carbocycles. The van der Waals surface area contributed by atoms with Crippen LogP contribution in [0, 0.1) is 5.92 Å². The Labute approximate surface area is 102 Å². The van der Waals surface area contributed by atoms with Gasteiger partial charge in [0, 0.05) is 5.57 Å². The molecular formula is C13H22O4. The Balaban J connectivity index is 4.38. The van der Waals surface area contributed by atoms with Crippen molar-refractivity contribution >= 4 is 11.9 Å². The van der Waals surface area contributed by atoms with Gasteiger partial charge < -0.3 is 10.2 Å². The van der Waals surface area contributed by atoms with Crippen LogP contribution >= 0.6 is 0 Å². The lowest BCUT2D eigenvalue weighted by atomic mass is 9.94. The Morgan fingerprint density at radius 2 is 1.88 bits per heavy atom. The van der Waals surface area contributed by atoms with Crippen molar-refractivity contribution in [3.05, 3.63) is 11.6 Å². The third kappa shape index (κ3) is 7.55. The highest BCUT2D eigenvalue weighted by molar-refractivity contribution is 5.91. The standard InChI is InChI=1S/C13H22O4/c1-3-5-6-10(4-2)7-8-11(13(16)17)9-12(14)15/h8,10H,3-7,9H2,1-2H3,(H,14,15)(H,16,17). The summed E-state index contributed by atoms with van der Waals surface area (Å²) in [7, 11) is 0. The Hall–Kier alpha value is -1.32. The van der Waals surface area contributed by atoms with Gasteiger partial charge in [0.1, 0.15) is 0 Å². The Morgan fingerprint density at radius 1 is 1.24 bits per heavy atom. The molecule has 0 aliphatic carbocycles. The zero-order chi connectivity index (χ0) is 13.3. The number of allylic oxidation sites excluding steroid dienone is 1. The lowest BCUT2D eigenvalue weighted by molar-refractivity contribution is -0.139. The van der Waals surface area contributed by atoms with Crippen molar-refractivity contribution in [2.45, 2.75) is 52.4 Å². The van der Waals surface area contributed by atoms with Crippen LogP contribution in [0.4, 0.5) is 0 Å². The lowest BCUT2D eigenvalue weighted by Gasteiger charge is -2.12. The molecular weight excluding hydrogens is 220 g/mol. The van der Waals surface area contributed by atoms with Crippen LogP contribution in [0.1, 0.15) is 52.4 Å². The summed E-state index contributed by atoms with van der Waals surface area (Å²) in [6, 6.07) is 0. The summed E-state index contributed by atoms with van der Waals surface area (Å²) in [5.74, 6) is -1.77. The molecule has 1 unspecified atom stereocenters. The topological polar surface area (TPSA) is 74.6 Å². The summed E-state index contributed by atoms with van der Waals surface area (Å²) < 4.78 is 0. The summed E-state index contributed by atoms with van der Waals surface area (Å²) >= 11 is 0. The molecule has 0 heterocycles. The summed E-state index contributed by atoms with van der Waals surface area (Å²) in [6.45, 7) is 4.20. The highest BCUT2D eigenvalue weighted by atomic mass is 16.4. The molecule has 0 rings (SSSR count). The summed E-state index contributed by atoms with van der Waals surface area (Å²) in [4.78, 5) is 21.3. The van der Waals surface area contributed by atoms with Crippen molar-refractivity contribution in [1.82, 2.24) is 0 Å². The average Bonchev–Trinajstić information content (AvgIpc) is 2.26. The largest absolute Gasteiger partial charge is 0.481 e. The van der Waals surface area contributed by atoms with Gasteiger partial charge >= 0.3 is 11.9 Å². The zero-order valence-electron chi connectivity index (χ0n) is 10.6. The van der Waals surface area contributed by atoms with Gasteiger partial charge in [0.05, 0.1) is 6.42 Å². The molecule has 0 aliphatic rings. The molecule has 0 bridgehead atoms. The van der Waals surface area contributed by atoms with Crippen LogP contribution in [0.3, 0.4) is 0 Å². The van der Waals surface area contributed by atoms with Gasteiger partial charge in [-0.2, -0.15) is 0 Å². The van der Waals surface area contributed by atoms with Gasteiger partial charge in [0.2, 0.25) is 0 Å². The highest BCUT2D eigenvalue weighted by Crippen LogP contribution is 2.18. The van der Waals surface area contributed by atoms with Crippen LogP contribution in [0.15, 0.2) is 11.6 Å². The van der Waals surface area contributed by atoms with Crippen molar-refractivity contribution in [2.24, 2.45) is 5.92 Å². The van der Waals surface area contributed by atoms with Crippen molar-refractivity contribution in [2.75, 3.05) is 0 Å². The molecule has 1 atom stereocenters. The van der Waals surface area contributed by atoms with Crippen molar-refractivity contribution in [3.63, 3.8) is 0 Å². The van der Waals surface area contributed by atoms with Gasteiger partial charge in [-0.25, -0.2) is 4.79 Å². The van der Waals surface area contributed by atoms with Gasteiger partial charge in [-0.1, -0.05) is 45.6 Å². The molecule has 0 aliphatic heterocycles. The van der Waals surface area contributed by atoms with Crippen LogP contribution in [0.25, 0.3) is 0 Å². The predicted molar refractivity (Wildman–Crippen MR) is 65.9 cm³/mol. The van der Waals surface area contributed by atoms with E-state index >= 15 is 0 Å². The molecule has 0 spiro atoms. The quantitative estimate of drug-likeness (QED) is 0.609. The first-order chi connectivity index (χ1) is 8.01. The first-order valence-corrected chi connectivity index (χ1v) is 6.15. The molecule has 0 aromatic rings. The van der Waals surface area contributed by atoms with Crippen molar-refractivity contribution < 1.29 is 19.8 Å². The maximum atomic E-state index is 10.8. The molecule has 2 N–H and O–H groups in total. The molecule has 0 saturated heterocycles. The van der Waals surface area contributed by atoms with Gasteiger partial charge in [-0.15, -0.1) is 0 Å². The molecule has 0 aromatic heterocycles. The molecule has 0 radical (unpaired) electrons. The van der Waals surface area contributed by atoms with E-state index in [9.17, 15) is 9.59 Å². The van der Waals surface area contributed by atoms with Gasteiger partial charge in [0.25, 0.3) is 0 Å². The predicted octanol–water partition coefficient (Wildman–Crippen LogP) is 3.08. The molecule has 0 fully saturated rings. The monoisotopic (exact) mass is 242 g/mol. The van der Waals surface area contributed by atoms with Gasteiger partial charge in [0.15, 0.2) is 0 Å². The number of hydrogen-bond donors (Lipinski definition) is 2. The van der Waals surface area contributed by atoms with E-state index in [4.69, 9.17) is 10.2 Å².